The van der Waals surface area contributed by atoms with Crippen molar-refractivity contribution < 1.29 is 18.0 Å². The van der Waals surface area contributed by atoms with Gasteiger partial charge < -0.3 is 0 Å². The van der Waals surface area contributed by atoms with Crippen LogP contribution >= 0.6 is 0 Å². The fourth-order valence-electron chi connectivity index (χ4n) is 8.34. The lowest BCUT2D eigenvalue weighted by atomic mass is 9.49. The summed E-state index contributed by atoms with van der Waals surface area (Å²) in [4.78, 5) is 13.1. The number of halogens is 3. The standard InChI is InChI=1S/C24H33F3N2O/c1-23-10-9-18-17-6-4-16(24(25,26)27)13-15(17)3-5-19(18)20(23)7-8-21(23)22(30)14-29-12-2-11-28-29/h2,11-12,15-21H,3-10,13-14H2,1H3/t15?,16?,17?,18?,19?,20?,21-,23?/m1/s1. The van der Waals surface area contributed by atoms with Crippen molar-refractivity contribution in [2.75, 3.05) is 0 Å². The van der Waals surface area contributed by atoms with Gasteiger partial charge in [0, 0.05) is 18.3 Å². The number of hydrogen-bond acceptors (Lipinski definition) is 2. The van der Waals surface area contributed by atoms with Crippen LogP contribution in [0.1, 0.15) is 64.7 Å². The lowest BCUT2D eigenvalue weighted by Gasteiger charge is -2.56. The molecule has 0 radical (unpaired) electrons. The molecule has 0 N–H and O–H groups in total. The Kier molecular flexibility index (Phi) is 5.05. The van der Waals surface area contributed by atoms with E-state index in [1.165, 1.54) is 0 Å². The van der Waals surface area contributed by atoms with Gasteiger partial charge in [0.25, 0.3) is 0 Å². The normalized spacial score (nSPS) is 43.5. The van der Waals surface area contributed by atoms with Gasteiger partial charge in [0.1, 0.15) is 0 Å². The number of rotatable bonds is 3. The van der Waals surface area contributed by atoms with Crippen LogP contribution in [-0.2, 0) is 11.3 Å². The Hall–Kier alpha value is -1.33. The van der Waals surface area contributed by atoms with Crippen molar-refractivity contribution in [1.82, 2.24) is 9.78 Å². The fraction of sp³-hybridized carbons (Fsp3) is 0.833. The molecule has 1 aromatic rings. The van der Waals surface area contributed by atoms with E-state index in [9.17, 15) is 18.0 Å². The highest BCUT2D eigenvalue weighted by atomic mass is 19.4. The summed E-state index contributed by atoms with van der Waals surface area (Å²) in [6.45, 7) is 2.69. The molecule has 0 saturated heterocycles. The maximum Gasteiger partial charge on any atom is 0.391 e. The summed E-state index contributed by atoms with van der Waals surface area (Å²) in [6, 6.07) is 1.85. The number of carbonyl (C=O) groups is 1. The third-order valence-electron chi connectivity index (χ3n) is 9.68. The molecule has 0 bridgehead atoms. The first-order chi connectivity index (χ1) is 14.3. The van der Waals surface area contributed by atoms with Crippen LogP contribution in [0.25, 0.3) is 0 Å². The second-order valence-corrected chi connectivity index (χ2v) is 10.8. The number of nitrogens with zero attached hydrogens (tertiary/aromatic N) is 2. The van der Waals surface area contributed by atoms with Crippen LogP contribution < -0.4 is 0 Å². The molecule has 1 aromatic heterocycles. The minimum Gasteiger partial charge on any atom is -0.297 e. The maximum atomic E-state index is 13.3. The largest absolute Gasteiger partial charge is 0.391 e. The van der Waals surface area contributed by atoms with Crippen LogP contribution in [0.2, 0.25) is 0 Å². The molecule has 30 heavy (non-hydrogen) atoms. The van der Waals surface area contributed by atoms with Gasteiger partial charge in [0.05, 0.1) is 12.5 Å². The summed E-state index contributed by atoms with van der Waals surface area (Å²) in [6.07, 6.45) is 7.21. The summed E-state index contributed by atoms with van der Waals surface area (Å²) < 4.78 is 41.6. The van der Waals surface area contributed by atoms with Crippen molar-refractivity contribution in [3.8, 4) is 0 Å². The topological polar surface area (TPSA) is 34.9 Å². The molecule has 4 fully saturated rings. The van der Waals surface area contributed by atoms with E-state index < -0.39 is 12.1 Å². The van der Waals surface area contributed by atoms with Crippen molar-refractivity contribution in [2.45, 2.75) is 77.4 Å². The maximum absolute atomic E-state index is 13.3. The molecule has 0 aliphatic heterocycles. The number of hydrogen-bond donors (Lipinski definition) is 0. The van der Waals surface area contributed by atoms with Crippen molar-refractivity contribution in [3.05, 3.63) is 18.5 Å². The van der Waals surface area contributed by atoms with Crippen molar-refractivity contribution in [2.24, 2.45) is 46.8 Å². The molecule has 5 rings (SSSR count). The average Bonchev–Trinajstić information content (AvgIpc) is 3.33. The van der Waals surface area contributed by atoms with E-state index in [1.807, 2.05) is 12.3 Å². The minimum absolute atomic E-state index is 0.0570. The van der Waals surface area contributed by atoms with Crippen molar-refractivity contribution in [3.63, 3.8) is 0 Å². The van der Waals surface area contributed by atoms with E-state index in [1.54, 1.807) is 10.9 Å². The van der Waals surface area contributed by atoms with E-state index in [4.69, 9.17) is 0 Å². The average molecular weight is 423 g/mol. The molecule has 3 nitrogen and oxygen atoms in total. The molecular weight excluding hydrogens is 389 g/mol. The Morgan fingerprint density at radius 1 is 1.07 bits per heavy atom. The molecule has 0 amide bonds. The summed E-state index contributed by atoms with van der Waals surface area (Å²) in [5.74, 6) is 1.81. The lowest BCUT2D eigenvalue weighted by molar-refractivity contribution is -0.196. The fourth-order valence-corrected chi connectivity index (χ4v) is 8.34. The molecule has 4 saturated carbocycles. The first-order valence-corrected chi connectivity index (χ1v) is 11.8. The number of alkyl halides is 3. The molecule has 8 atom stereocenters. The van der Waals surface area contributed by atoms with Gasteiger partial charge in [-0.05, 0) is 98.9 Å². The third-order valence-corrected chi connectivity index (χ3v) is 9.68. The molecule has 7 unspecified atom stereocenters. The summed E-state index contributed by atoms with van der Waals surface area (Å²) in [7, 11) is 0. The van der Waals surface area contributed by atoms with Crippen molar-refractivity contribution in [1.29, 1.82) is 0 Å². The van der Waals surface area contributed by atoms with Crippen LogP contribution in [0.5, 0.6) is 0 Å². The van der Waals surface area contributed by atoms with Gasteiger partial charge in [0.2, 0.25) is 0 Å². The van der Waals surface area contributed by atoms with Crippen LogP contribution in [0.3, 0.4) is 0 Å². The van der Waals surface area contributed by atoms with E-state index in [-0.39, 0.29) is 17.3 Å². The van der Waals surface area contributed by atoms with Crippen LogP contribution in [-0.4, -0.2) is 21.7 Å². The second-order valence-electron chi connectivity index (χ2n) is 10.8. The SMILES string of the molecule is CC12CCC3C4CCC(C(F)(F)F)CC4CCC3C1CC[C@@H]2C(=O)Cn1cccn1. The van der Waals surface area contributed by atoms with E-state index in [0.29, 0.717) is 48.8 Å². The number of aromatic nitrogens is 2. The number of fused-ring (bicyclic) bond motifs is 5. The van der Waals surface area contributed by atoms with E-state index in [2.05, 4.69) is 12.0 Å². The Labute approximate surface area is 176 Å². The highest BCUT2D eigenvalue weighted by Crippen LogP contribution is 2.65. The Morgan fingerprint density at radius 3 is 2.60 bits per heavy atom. The molecule has 0 spiro atoms. The quantitative estimate of drug-likeness (QED) is 0.608. The Bertz CT molecular complexity index is 776. The summed E-state index contributed by atoms with van der Waals surface area (Å²) >= 11 is 0. The smallest absolute Gasteiger partial charge is 0.297 e. The second kappa shape index (κ2) is 7.37. The Morgan fingerprint density at radius 2 is 1.87 bits per heavy atom. The zero-order valence-electron chi connectivity index (χ0n) is 17.8. The molecule has 0 aromatic carbocycles. The van der Waals surface area contributed by atoms with Gasteiger partial charge in [-0.2, -0.15) is 18.3 Å². The van der Waals surface area contributed by atoms with Gasteiger partial charge in [0.15, 0.2) is 5.78 Å². The molecule has 4 aliphatic carbocycles. The summed E-state index contributed by atoms with van der Waals surface area (Å²) in [5.41, 5.74) is 0.0570. The van der Waals surface area contributed by atoms with Crippen LogP contribution in [0, 0.1) is 46.8 Å². The summed E-state index contributed by atoms with van der Waals surface area (Å²) in [5, 5.41) is 4.20. The van der Waals surface area contributed by atoms with Gasteiger partial charge in [-0.3, -0.25) is 9.48 Å². The monoisotopic (exact) mass is 422 g/mol. The zero-order valence-corrected chi connectivity index (χ0v) is 17.8. The number of Topliss-reactive ketones (excluding diaryl/α,β-unsaturated/α-hetero) is 1. The first-order valence-electron chi connectivity index (χ1n) is 11.8. The zero-order chi connectivity index (χ0) is 21.1. The van der Waals surface area contributed by atoms with Gasteiger partial charge >= 0.3 is 6.18 Å². The highest BCUT2D eigenvalue weighted by Gasteiger charge is 2.59. The third kappa shape index (κ3) is 3.33. The molecule has 1 heterocycles. The first kappa shape index (κ1) is 20.6. The highest BCUT2D eigenvalue weighted by molar-refractivity contribution is 5.82. The minimum atomic E-state index is -4.03. The molecular formula is C24H33F3N2O. The number of carbonyl (C=O) groups excluding carboxylic acids is 1. The molecule has 4 aliphatic rings. The predicted octanol–water partition coefficient (Wildman–Crippen LogP) is 5.90. The van der Waals surface area contributed by atoms with Crippen molar-refractivity contribution >= 4 is 5.78 Å². The van der Waals surface area contributed by atoms with E-state index >= 15 is 0 Å². The lowest BCUT2D eigenvalue weighted by Crippen LogP contribution is -2.50. The molecule has 166 valence electrons. The van der Waals surface area contributed by atoms with E-state index in [0.717, 1.165) is 44.9 Å². The van der Waals surface area contributed by atoms with Crippen LogP contribution in [0.4, 0.5) is 13.2 Å². The number of ketones is 1. The predicted molar refractivity (Wildman–Crippen MR) is 107 cm³/mol. The van der Waals surface area contributed by atoms with Gasteiger partial charge in [-0.1, -0.05) is 6.92 Å². The molecule has 6 heteroatoms. The van der Waals surface area contributed by atoms with Crippen LogP contribution in [0.15, 0.2) is 18.5 Å². The van der Waals surface area contributed by atoms with Gasteiger partial charge in [-0.25, -0.2) is 0 Å². The van der Waals surface area contributed by atoms with Gasteiger partial charge in [-0.15, -0.1) is 0 Å². The Balaban J connectivity index is 1.29.